The maximum absolute atomic E-state index is 12.8. The first-order chi connectivity index (χ1) is 13.1. The van der Waals surface area contributed by atoms with Gasteiger partial charge in [0.2, 0.25) is 0 Å². The minimum Gasteiger partial charge on any atom is -0.494 e. The number of hydrogen-bond donors (Lipinski definition) is 0. The molecule has 142 valence electrons. The molecule has 0 N–H and O–H groups in total. The minimum atomic E-state index is 0.00248. The molecule has 2 amide bonds. The maximum Gasteiger partial charge on any atom is 0.253 e. The fourth-order valence-corrected chi connectivity index (χ4v) is 3.25. The first-order valence-electron chi connectivity index (χ1n) is 9.46. The Hall–Kier alpha value is -2.82. The van der Waals surface area contributed by atoms with Crippen molar-refractivity contribution in [3.8, 4) is 5.75 Å². The summed E-state index contributed by atoms with van der Waals surface area (Å²) in [5.74, 6) is 0.799. The molecule has 0 aliphatic carbocycles. The fraction of sp³-hybridized carbons (Fsp3) is 0.364. The largest absolute Gasteiger partial charge is 0.494 e. The van der Waals surface area contributed by atoms with Crippen LogP contribution in [0.2, 0.25) is 0 Å². The smallest absolute Gasteiger partial charge is 0.253 e. The number of benzene rings is 2. The lowest BCUT2D eigenvalue weighted by molar-refractivity contribution is 0.0718. The van der Waals surface area contributed by atoms with Crippen LogP contribution in [0.3, 0.4) is 0 Å². The van der Waals surface area contributed by atoms with E-state index in [-0.39, 0.29) is 11.8 Å². The van der Waals surface area contributed by atoms with E-state index in [1.54, 1.807) is 12.1 Å². The molecule has 5 heteroatoms. The Labute approximate surface area is 160 Å². The van der Waals surface area contributed by atoms with Crippen LogP contribution in [0.15, 0.2) is 48.5 Å². The monoisotopic (exact) mass is 366 g/mol. The zero-order valence-electron chi connectivity index (χ0n) is 16.0. The molecule has 0 atom stereocenters. The molecule has 0 saturated carbocycles. The third kappa shape index (κ3) is 4.67. The molecule has 1 aliphatic rings. The number of ether oxygens (including phenoxy) is 1. The molecule has 0 aromatic heterocycles. The Kier molecular flexibility index (Phi) is 6.12. The molecule has 0 radical (unpaired) electrons. The van der Waals surface area contributed by atoms with Crippen LogP contribution in [0.1, 0.15) is 39.6 Å². The van der Waals surface area contributed by atoms with Crippen molar-refractivity contribution >= 4 is 11.8 Å². The van der Waals surface area contributed by atoms with E-state index in [9.17, 15) is 9.59 Å². The van der Waals surface area contributed by atoms with Crippen LogP contribution in [-0.2, 0) is 0 Å². The van der Waals surface area contributed by atoms with Gasteiger partial charge in [0.05, 0.1) is 6.61 Å². The van der Waals surface area contributed by atoms with Crippen LogP contribution < -0.4 is 4.74 Å². The summed E-state index contributed by atoms with van der Waals surface area (Å²) in [5.41, 5.74) is 2.48. The van der Waals surface area contributed by atoms with Gasteiger partial charge in [0, 0.05) is 37.3 Å². The van der Waals surface area contributed by atoms with E-state index >= 15 is 0 Å². The zero-order valence-corrected chi connectivity index (χ0v) is 16.0. The summed E-state index contributed by atoms with van der Waals surface area (Å²) in [4.78, 5) is 29.2. The Morgan fingerprint density at radius 3 is 1.78 bits per heavy atom. The van der Waals surface area contributed by atoms with Crippen molar-refractivity contribution < 1.29 is 14.3 Å². The van der Waals surface area contributed by atoms with Crippen molar-refractivity contribution in [2.45, 2.75) is 20.3 Å². The van der Waals surface area contributed by atoms with Crippen LogP contribution >= 0.6 is 0 Å². The van der Waals surface area contributed by atoms with Gasteiger partial charge in [-0.2, -0.15) is 0 Å². The average Bonchev–Trinajstić information content (AvgIpc) is 2.94. The lowest BCUT2D eigenvalue weighted by Gasteiger charge is -2.22. The number of amides is 2. The second-order valence-electron chi connectivity index (χ2n) is 6.76. The number of carbonyl (C=O) groups excluding carboxylic acids is 2. The van der Waals surface area contributed by atoms with Crippen molar-refractivity contribution in [3.05, 3.63) is 65.2 Å². The molecule has 2 aromatic carbocycles. The normalized spacial score (nSPS) is 14.6. The summed E-state index contributed by atoms with van der Waals surface area (Å²) in [6, 6.07) is 14.9. The highest BCUT2D eigenvalue weighted by molar-refractivity contribution is 5.95. The van der Waals surface area contributed by atoms with E-state index < -0.39 is 0 Å². The molecule has 5 nitrogen and oxygen atoms in total. The number of carbonyl (C=O) groups is 2. The van der Waals surface area contributed by atoms with Crippen LogP contribution in [0.4, 0.5) is 0 Å². The van der Waals surface area contributed by atoms with Crippen molar-refractivity contribution in [1.82, 2.24) is 9.80 Å². The van der Waals surface area contributed by atoms with Crippen molar-refractivity contribution in [2.24, 2.45) is 0 Å². The van der Waals surface area contributed by atoms with Gasteiger partial charge in [-0.25, -0.2) is 0 Å². The van der Waals surface area contributed by atoms with Gasteiger partial charge in [-0.05, 0) is 56.7 Å². The zero-order chi connectivity index (χ0) is 19.2. The third-order valence-corrected chi connectivity index (χ3v) is 4.78. The summed E-state index contributed by atoms with van der Waals surface area (Å²) in [6.07, 6.45) is 0.778. The third-order valence-electron chi connectivity index (χ3n) is 4.78. The van der Waals surface area contributed by atoms with Crippen molar-refractivity contribution in [3.63, 3.8) is 0 Å². The predicted octanol–water partition coefficient (Wildman–Crippen LogP) is 3.38. The molecule has 0 spiro atoms. The SMILES string of the molecule is CCOc1ccc(C(=O)N2CCCN(C(=O)c3ccc(C)cc3)CC2)cc1. The summed E-state index contributed by atoms with van der Waals surface area (Å²) in [7, 11) is 0. The average molecular weight is 366 g/mol. The highest BCUT2D eigenvalue weighted by atomic mass is 16.5. The molecule has 1 fully saturated rings. The lowest BCUT2D eigenvalue weighted by Crippen LogP contribution is -2.37. The number of nitrogens with zero attached hydrogens (tertiary/aromatic N) is 2. The number of aryl methyl sites for hydroxylation is 1. The highest BCUT2D eigenvalue weighted by Crippen LogP contribution is 2.16. The van der Waals surface area contributed by atoms with Gasteiger partial charge in [0.15, 0.2) is 0 Å². The first kappa shape index (κ1) is 19.0. The molecule has 1 aliphatic heterocycles. The molecule has 1 saturated heterocycles. The topological polar surface area (TPSA) is 49.9 Å². The van der Waals surface area contributed by atoms with Crippen molar-refractivity contribution in [2.75, 3.05) is 32.8 Å². The van der Waals surface area contributed by atoms with Crippen LogP contribution in [-0.4, -0.2) is 54.4 Å². The second-order valence-corrected chi connectivity index (χ2v) is 6.76. The Morgan fingerprint density at radius 1 is 0.815 bits per heavy atom. The number of hydrogen-bond acceptors (Lipinski definition) is 3. The predicted molar refractivity (Wildman–Crippen MR) is 105 cm³/mol. The highest BCUT2D eigenvalue weighted by Gasteiger charge is 2.23. The van der Waals surface area contributed by atoms with Crippen LogP contribution in [0.25, 0.3) is 0 Å². The summed E-state index contributed by atoms with van der Waals surface area (Å²) in [6.45, 7) is 6.96. The summed E-state index contributed by atoms with van der Waals surface area (Å²) >= 11 is 0. The second kappa shape index (κ2) is 8.71. The number of rotatable bonds is 4. The Balaban J connectivity index is 1.62. The lowest BCUT2D eigenvalue weighted by atomic mass is 10.1. The van der Waals surface area contributed by atoms with Gasteiger partial charge in [0.25, 0.3) is 11.8 Å². The van der Waals surface area contributed by atoms with Gasteiger partial charge < -0.3 is 14.5 Å². The molecule has 3 rings (SSSR count). The van der Waals surface area contributed by atoms with Gasteiger partial charge in [-0.1, -0.05) is 17.7 Å². The van der Waals surface area contributed by atoms with Crippen LogP contribution in [0.5, 0.6) is 5.75 Å². The van der Waals surface area contributed by atoms with E-state index in [1.165, 1.54) is 0 Å². The van der Waals surface area contributed by atoms with E-state index in [4.69, 9.17) is 4.74 Å². The summed E-state index contributed by atoms with van der Waals surface area (Å²) in [5, 5.41) is 0. The minimum absolute atomic E-state index is 0.00248. The molecular weight excluding hydrogens is 340 g/mol. The van der Waals surface area contributed by atoms with E-state index in [0.717, 1.165) is 17.7 Å². The Bertz CT molecular complexity index is 784. The standard InChI is InChI=1S/C22H26N2O3/c1-3-27-20-11-9-19(10-12-20)22(26)24-14-4-13-23(15-16-24)21(25)18-7-5-17(2)6-8-18/h5-12H,3-4,13-16H2,1-2H3. The molecule has 0 unspecified atom stereocenters. The fourth-order valence-electron chi connectivity index (χ4n) is 3.25. The van der Waals surface area contributed by atoms with Gasteiger partial charge >= 0.3 is 0 Å². The van der Waals surface area contributed by atoms with Gasteiger partial charge in [-0.15, -0.1) is 0 Å². The molecular formula is C22H26N2O3. The van der Waals surface area contributed by atoms with Crippen molar-refractivity contribution in [1.29, 1.82) is 0 Å². The Morgan fingerprint density at radius 2 is 1.30 bits per heavy atom. The maximum atomic E-state index is 12.8. The molecule has 0 bridgehead atoms. The molecule has 27 heavy (non-hydrogen) atoms. The summed E-state index contributed by atoms with van der Waals surface area (Å²) < 4.78 is 5.43. The molecule has 1 heterocycles. The van der Waals surface area contributed by atoms with E-state index in [1.807, 2.05) is 60.0 Å². The van der Waals surface area contributed by atoms with E-state index in [0.29, 0.717) is 43.9 Å². The quantitative estimate of drug-likeness (QED) is 0.833. The van der Waals surface area contributed by atoms with Gasteiger partial charge in [0.1, 0.15) is 5.75 Å². The van der Waals surface area contributed by atoms with Crippen LogP contribution in [0, 0.1) is 6.92 Å². The van der Waals surface area contributed by atoms with E-state index in [2.05, 4.69) is 0 Å². The first-order valence-corrected chi connectivity index (χ1v) is 9.46. The van der Waals surface area contributed by atoms with Gasteiger partial charge in [-0.3, -0.25) is 9.59 Å². The molecule has 2 aromatic rings.